The third kappa shape index (κ3) is 4.65. The normalized spacial score (nSPS) is 10.5. The Bertz CT molecular complexity index is 1100. The number of rotatable bonds is 7. The Kier molecular flexibility index (Phi) is 6.79. The Morgan fingerprint density at radius 3 is 2.43 bits per heavy atom. The van der Waals surface area contributed by atoms with Crippen molar-refractivity contribution in [2.75, 3.05) is 32.4 Å². The zero-order chi connectivity index (χ0) is 21.7. The predicted molar refractivity (Wildman–Crippen MR) is 117 cm³/mol. The van der Waals surface area contributed by atoms with E-state index in [1.165, 1.54) is 18.9 Å². The van der Waals surface area contributed by atoms with Crippen molar-refractivity contribution in [3.05, 3.63) is 53.6 Å². The van der Waals surface area contributed by atoms with Crippen molar-refractivity contribution in [1.82, 2.24) is 4.98 Å². The number of hydrogen-bond acceptors (Lipinski definition) is 7. The van der Waals surface area contributed by atoms with E-state index < -0.39 is 5.97 Å². The molecule has 0 radical (unpaired) electrons. The van der Waals surface area contributed by atoms with Gasteiger partial charge in [-0.15, -0.1) is 0 Å². The van der Waals surface area contributed by atoms with Gasteiger partial charge in [-0.2, -0.15) is 0 Å². The highest BCUT2D eigenvalue weighted by atomic mass is 32.2. The second kappa shape index (κ2) is 9.49. The highest BCUT2D eigenvalue weighted by molar-refractivity contribution is 8.00. The summed E-state index contributed by atoms with van der Waals surface area (Å²) in [6.45, 7) is 1.94. The van der Waals surface area contributed by atoms with E-state index in [-0.39, 0.29) is 11.7 Å². The van der Waals surface area contributed by atoms with Gasteiger partial charge in [0.1, 0.15) is 5.03 Å². The minimum Gasteiger partial charge on any atom is -0.493 e. The molecular formula is C22H22N2O5S. The molecule has 0 aliphatic heterocycles. The lowest BCUT2D eigenvalue weighted by Crippen LogP contribution is -2.17. The van der Waals surface area contributed by atoms with Gasteiger partial charge in [0.2, 0.25) is 5.91 Å². The average molecular weight is 426 g/mol. The summed E-state index contributed by atoms with van der Waals surface area (Å²) in [4.78, 5) is 29.0. The molecule has 0 atom stereocenters. The summed E-state index contributed by atoms with van der Waals surface area (Å²) in [7, 11) is 4.46. The summed E-state index contributed by atoms with van der Waals surface area (Å²) < 4.78 is 15.4. The summed E-state index contributed by atoms with van der Waals surface area (Å²) in [6.07, 6.45) is 0. The third-order valence-corrected chi connectivity index (χ3v) is 5.50. The lowest BCUT2D eigenvalue weighted by Gasteiger charge is -2.12. The van der Waals surface area contributed by atoms with Crippen LogP contribution in [0.15, 0.2) is 47.5 Å². The molecule has 0 unspecified atom stereocenters. The Hall–Kier alpha value is -3.26. The molecule has 0 spiro atoms. The van der Waals surface area contributed by atoms with E-state index in [1.54, 1.807) is 38.5 Å². The molecule has 1 heterocycles. The van der Waals surface area contributed by atoms with Gasteiger partial charge in [-0.1, -0.05) is 23.9 Å². The third-order valence-electron chi connectivity index (χ3n) is 4.41. The lowest BCUT2D eigenvalue weighted by atomic mass is 10.1. The molecule has 0 aliphatic rings. The summed E-state index contributed by atoms with van der Waals surface area (Å²) in [5.74, 6) is 0.618. The monoisotopic (exact) mass is 426 g/mol. The van der Waals surface area contributed by atoms with Crippen molar-refractivity contribution in [1.29, 1.82) is 0 Å². The van der Waals surface area contributed by atoms with Crippen LogP contribution in [-0.2, 0) is 9.53 Å². The molecule has 0 saturated carbocycles. The molecule has 30 heavy (non-hydrogen) atoms. The maximum Gasteiger partial charge on any atom is 0.339 e. The van der Waals surface area contributed by atoms with E-state index in [0.717, 1.165) is 21.5 Å². The van der Waals surface area contributed by atoms with Crippen molar-refractivity contribution >= 4 is 40.2 Å². The number of aryl methyl sites for hydroxylation is 1. The predicted octanol–water partition coefficient (Wildman–Crippen LogP) is 4.08. The topological polar surface area (TPSA) is 86.8 Å². The Labute approximate surface area is 178 Å². The molecule has 3 rings (SSSR count). The van der Waals surface area contributed by atoms with E-state index in [9.17, 15) is 9.59 Å². The summed E-state index contributed by atoms with van der Waals surface area (Å²) in [5.41, 5.74) is 2.41. The molecule has 0 fully saturated rings. The Balaban J connectivity index is 1.76. The number of carbonyl (C=O) groups is 2. The van der Waals surface area contributed by atoms with E-state index in [4.69, 9.17) is 14.2 Å². The van der Waals surface area contributed by atoms with Crippen LogP contribution in [-0.4, -0.2) is 43.9 Å². The van der Waals surface area contributed by atoms with Crippen LogP contribution in [0, 0.1) is 6.92 Å². The van der Waals surface area contributed by atoms with Crippen molar-refractivity contribution < 1.29 is 23.8 Å². The van der Waals surface area contributed by atoms with Gasteiger partial charge in [-0.3, -0.25) is 4.79 Å². The van der Waals surface area contributed by atoms with Crippen molar-refractivity contribution in [3.8, 4) is 11.5 Å². The van der Waals surface area contributed by atoms with E-state index in [0.29, 0.717) is 22.7 Å². The fraction of sp³-hybridized carbons (Fsp3) is 0.227. The number of nitrogens with zero attached hydrogens (tertiary/aromatic N) is 1. The SMILES string of the molecule is COC(=O)c1ccccc1NC(=O)CSc1nc2cc(OC)c(OC)cc2cc1C. The van der Waals surface area contributed by atoms with Crippen LogP contribution < -0.4 is 14.8 Å². The number of benzene rings is 2. The van der Waals surface area contributed by atoms with Gasteiger partial charge in [0.05, 0.1) is 43.8 Å². The quantitative estimate of drug-likeness (QED) is 0.450. The molecule has 0 aliphatic carbocycles. The van der Waals surface area contributed by atoms with Crippen LogP contribution in [0.4, 0.5) is 5.69 Å². The number of aromatic nitrogens is 1. The number of para-hydroxylation sites is 1. The second-order valence-electron chi connectivity index (χ2n) is 6.38. The van der Waals surface area contributed by atoms with Crippen molar-refractivity contribution in [2.45, 2.75) is 11.9 Å². The molecule has 0 saturated heterocycles. The number of pyridine rings is 1. The largest absolute Gasteiger partial charge is 0.493 e. The number of thioether (sulfide) groups is 1. The van der Waals surface area contributed by atoms with Gasteiger partial charge in [0, 0.05) is 11.5 Å². The van der Waals surface area contributed by atoms with Crippen LogP contribution in [0.3, 0.4) is 0 Å². The standard InChI is InChI=1S/C22H22N2O5S/c1-13-9-14-10-18(27-2)19(28-3)11-17(14)24-21(13)30-12-20(25)23-16-8-6-5-7-15(16)22(26)29-4/h5-11H,12H2,1-4H3,(H,23,25). The van der Waals surface area contributed by atoms with Crippen molar-refractivity contribution in [3.63, 3.8) is 0 Å². The van der Waals surface area contributed by atoms with E-state index in [2.05, 4.69) is 10.3 Å². The maximum atomic E-state index is 12.5. The van der Waals surface area contributed by atoms with Gasteiger partial charge in [0.15, 0.2) is 11.5 Å². The van der Waals surface area contributed by atoms with Crippen LogP contribution in [0.1, 0.15) is 15.9 Å². The maximum absolute atomic E-state index is 12.5. The zero-order valence-electron chi connectivity index (χ0n) is 17.1. The van der Waals surface area contributed by atoms with Gasteiger partial charge in [-0.25, -0.2) is 9.78 Å². The van der Waals surface area contributed by atoms with Gasteiger partial charge < -0.3 is 19.5 Å². The number of ether oxygens (including phenoxy) is 3. The van der Waals surface area contributed by atoms with E-state index >= 15 is 0 Å². The molecule has 156 valence electrons. The number of methoxy groups -OCH3 is 3. The molecule has 0 bridgehead atoms. The lowest BCUT2D eigenvalue weighted by molar-refractivity contribution is -0.113. The van der Waals surface area contributed by atoms with Crippen LogP contribution >= 0.6 is 11.8 Å². The first-order chi connectivity index (χ1) is 14.5. The molecule has 2 aromatic carbocycles. The first-order valence-corrected chi connectivity index (χ1v) is 10.1. The summed E-state index contributed by atoms with van der Waals surface area (Å²) >= 11 is 1.32. The van der Waals surface area contributed by atoms with Crippen LogP contribution in [0.2, 0.25) is 0 Å². The number of esters is 1. The molecule has 7 nitrogen and oxygen atoms in total. The molecule has 1 amide bonds. The minimum atomic E-state index is -0.505. The molecule has 8 heteroatoms. The number of hydrogen-bond donors (Lipinski definition) is 1. The molecule has 1 aromatic heterocycles. The summed E-state index contributed by atoms with van der Waals surface area (Å²) in [5, 5.41) is 4.43. The first-order valence-electron chi connectivity index (χ1n) is 9.10. The fourth-order valence-electron chi connectivity index (χ4n) is 2.94. The molecular weight excluding hydrogens is 404 g/mol. The highest BCUT2D eigenvalue weighted by Gasteiger charge is 2.15. The summed E-state index contributed by atoms with van der Waals surface area (Å²) in [6, 6.07) is 12.4. The van der Waals surface area contributed by atoms with Crippen LogP contribution in [0.5, 0.6) is 11.5 Å². The number of carbonyl (C=O) groups excluding carboxylic acids is 2. The highest BCUT2D eigenvalue weighted by Crippen LogP contribution is 2.33. The minimum absolute atomic E-state index is 0.141. The van der Waals surface area contributed by atoms with Gasteiger partial charge >= 0.3 is 5.97 Å². The van der Waals surface area contributed by atoms with Crippen molar-refractivity contribution in [2.24, 2.45) is 0 Å². The zero-order valence-corrected chi connectivity index (χ0v) is 18.0. The Morgan fingerprint density at radius 1 is 1.03 bits per heavy atom. The van der Waals surface area contributed by atoms with Crippen LogP contribution in [0.25, 0.3) is 10.9 Å². The van der Waals surface area contributed by atoms with Gasteiger partial charge in [0.25, 0.3) is 0 Å². The van der Waals surface area contributed by atoms with Gasteiger partial charge in [-0.05, 0) is 36.8 Å². The smallest absolute Gasteiger partial charge is 0.339 e. The Morgan fingerprint density at radius 2 is 1.73 bits per heavy atom. The molecule has 1 N–H and O–H groups in total. The first kappa shape index (κ1) is 21.4. The number of nitrogens with one attached hydrogen (secondary N) is 1. The fourth-order valence-corrected chi connectivity index (χ4v) is 3.72. The number of anilines is 1. The van der Waals surface area contributed by atoms with E-state index in [1.807, 2.05) is 25.1 Å². The molecule has 3 aromatic rings. The number of amides is 1. The number of fused-ring (bicyclic) bond motifs is 1. The second-order valence-corrected chi connectivity index (χ2v) is 7.35. The average Bonchev–Trinajstić information content (AvgIpc) is 2.76.